The Hall–Kier alpha value is -2.45. The fourth-order valence-corrected chi connectivity index (χ4v) is 4.48. The summed E-state index contributed by atoms with van der Waals surface area (Å²) in [6, 6.07) is 15.8. The number of halogens is 1. The van der Waals surface area contributed by atoms with E-state index in [1.165, 1.54) is 35.2 Å². The van der Waals surface area contributed by atoms with E-state index >= 15 is 0 Å². The van der Waals surface area contributed by atoms with Crippen LogP contribution in [0.25, 0.3) is 0 Å². The summed E-state index contributed by atoms with van der Waals surface area (Å²) >= 11 is 2.81. The van der Waals surface area contributed by atoms with Crippen LogP contribution in [0.3, 0.4) is 0 Å². The lowest BCUT2D eigenvalue weighted by molar-refractivity contribution is -0.115. The average Bonchev–Trinajstić information content (AvgIpc) is 3.39. The third-order valence-corrected chi connectivity index (χ3v) is 6.18. The first-order valence-corrected chi connectivity index (χ1v) is 10.2. The molecule has 0 unspecified atom stereocenters. The lowest BCUT2D eigenvalue weighted by atomic mass is 10.1. The topological polar surface area (TPSA) is 66.9 Å². The first kappa shape index (κ1) is 17.9. The zero-order chi connectivity index (χ0) is 18.6. The van der Waals surface area contributed by atoms with Crippen LogP contribution in [-0.2, 0) is 4.79 Å². The fraction of sp³-hybridized carbons (Fsp3) is 0.211. The van der Waals surface area contributed by atoms with E-state index in [1.807, 2.05) is 30.3 Å². The number of hydrogen-bond donors (Lipinski definition) is 2. The molecule has 0 spiro atoms. The van der Waals surface area contributed by atoms with Gasteiger partial charge in [-0.15, -0.1) is 10.2 Å². The van der Waals surface area contributed by atoms with E-state index in [9.17, 15) is 9.18 Å². The lowest BCUT2D eigenvalue weighted by Crippen LogP contribution is -2.19. The number of nitrogens with one attached hydrogen (secondary N) is 2. The summed E-state index contributed by atoms with van der Waals surface area (Å²) in [6.45, 7) is 0. The molecule has 2 N–H and O–H groups in total. The van der Waals surface area contributed by atoms with Gasteiger partial charge in [0.1, 0.15) is 11.1 Å². The van der Waals surface area contributed by atoms with E-state index < -0.39 is 5.25 Å². The SMILES string of the molecule is O=C(Nc1ccc(F)cc1)[C@@H](Sc1nnc(NC2CC2)s1)c1ccccc1. The molecule has 0 saturated heterocycles. The Balaban J connectivity index is 1.52. The van der Waals surface area contributed by atoms with E-state index in [1.54, 1.807) is 12.1 Å². The molecular weight excluding hydrogens is 383 g/mol. The number of hydrogen-bond acceptors (Lipinski definition) is 6. The van der Waals surface area contributed by atoms with E-state index in [2.05, 4.69) is 20.8 Å². The standard InChI is InChI=1S/C19H17FN4OS2/c20-13-6-8-14(9-7-13)21-17(25)16(12-4-2-1-3-5-12)26-19-24-23-18(27-19)22-15-10-11-15/h1-9,15-16H,10-11H2,(H,21,25)(H,22,23)/t16-/m0/s1. The molecule has 4 rings (SSSR count). The highest BCUT2D eigenvalue weighted by molar-refractivity contribution is 8.02. The fourth-order valence-electron chi connectivity index (χ4n) is 2.46. The van der Waals surface area contributed by atoms with Crippen molar-refractivity contribution < 1.29 is 9.18 Å². The molecule has 1 aliphatic carbocycles. The van der Waals surface area contributed by atoms with Crippen LogP contribution in [0.15, 0.2) is 58.9 Å². The first-order chi connectivity index (χ1) is 13.2. The molecule has 0 aliphatic heterocycles. The number of carbonyl (C=O) groups is 1. The predicted octanol–water partition coefficient (Wildman–Crippen LogP) is 4.72. The van der Waals surface area contributed by atoms with Crippen molar-refractivity contribution in [2.45, 2.75) is 28.5 Å². The number of anilines is 2. The van der Waals surface area contributed by atoms with Gasteiger partial charge in [-0.3, -0.25) is 4.79 Å². The minimum absolute atomic E-state index is 0.190. The van der Waals surface area contributed by atoms with Crippen molar-refractivity contribution in [1.29, 1.82) is 0 Å². The number of thioether (sulfide) groups is 1. The van der Waals surface area contributed by atoms with Gasteiger partial charge in [-0.25, -0.2) is 4.39 Å². The molecule has 8 heteroatoms. The maximum absolute atomic E-state index is 13.1. The van der Waals surface area contributed by atoms with Gasteiger partial charge < -0.3 is 10.6 Å². The first-order valence-electron chi connectivity index (χ1n) is 8.55. The Morgan fingerprint density at radius 1 is 1.11 bits per heavy atom. The second kappa shape index (κ2) is 8.06. The quantitative estimate of drug-likeness (QED) is 0.562. The molecule has 1 saturated carbocycles. The summed E-state index contributed by atoms with van der Waals surface area (Å²) < 4.78 is 13.8. The van der Waals surface area contributed by atoms with Crippen LogP contribution in [-0.4, -0.2) is 22.1 Å². The zero-order valence-electron chi connectivity index (χ0n) is 14.3. The van der Waals surface area contributed by atoms with Crippen LogP contribution >= 0.6 is 23.1 Å². The monoisotopic (exact) mass is 400 g/mol. The van der Waals surface area contributed by atoms with Crippen molar-refractivity contribution in [3.05, 3.63) is 66.0 Å². The van der Waals surface area contributed by atoms with Gasteiger partial charge in [-0.1, -0.05) is 53.4 Å². The van der Waals surface area contributed by atoms with Crippen LogP contribution in [0.2, 0.25) is 0 Å². The third-order valence-electron chi connectivity index (χ3n) is 3.98. The number of benzene rings is 2. The molecule has 1 aliphatic rings. The molecule has 138 valence electrons. The second-order valence-electron chi connectivity index (χ2n) is 6.20. The van der Waals surface area contributed by atoms with Crippen LogP contribution in [0, 0.1) is 5.82 Å². The smallest absolute Gasteiger partial charge is 0.242 e. The zero-order valence-corrected chi connectivity index (χ0v) is 15.9. The molecule has 1 aromatic heterocycles. The predicted molar refractivity (Wildman–Crippen MR) is 107 cm³/mol. The molecule has 3 aromatic rings. The minimum atomic E-state index is -0.488. The third kappa shape index (κ3) is 4.84. The van der Waals surface area contributed by atoms with Gasteiger partial charge in [0.15, 0.2) is 4.34 Å². The lowest BCUT2D eigenvalue weighted by Gasteiger charge is -2.15. The Kier molecular flexibility index (Phi) is 5.35. The molecule has 0 bridgehead atoms. The molecule has 5 nitrogen and oxygen atoms in total. The highest BCUT2D eigenvalue weighted by atomic mass is 32.2. The van der Waals surface area contributed by atoms with E-state index in [4.69, 9.17) is 0 Å². The molecular formula is C19H17FN4OS2. The maximum Gasteiger partial charge on any atom is 0.242 e. The number of amides is 1. The summed E-state index contributed by atoms with van der Waals surface area (Å²) in [6.07, 6.45) is 2.32. The van der Waals surface area contributed by atoms with Gasteiger partial charge in [-0.05, 0) is 42.7 Å². The molecule has 0 radical (unpaired) electrons. The van der Waals surface area contributed by atoms with Crippen LogP contribution < -0.4 is 10.6 Å². The normalized spacial score (nSPS) is 14.6. The maximum atomic E-state index is 13.1. The van der Waals surface area contributed by atoms with Crippen molar-refractivity contribution in [2.24, 2.45) is 0 Å². The average molecular weight is 401 g/mol. The van der Waals surface area contributed by atoms with Crippen LogP contribution in [0.5, 0.6) is 0 Å². The molecule has 2 aromatic carbocycles. The molecule has 27 heavy (non-hydrogen) atoms. The molecule has 1 amide bonds. The summed E-state index contributed by atoms with van der Waals surface area (Å²) in [4.78, 5) is 12.9. The van der Waals surface area contributed by atoms with Crippen LogP contribution in [0.1, 0.15) is 23.7 Å². The highest BCUT2D eigenvalue weighted by Crippen LogP contribution is 2.39. The Morgan fingerprint density at radius 2 is 1.85 bits per heavy atom. The number of carbonyl (C=O) groups excluding carboxylic acids is 1. The molecule has 1 fully saturated rings. The van der Waals surface area contributed by atoms with Crippen molar-refractivity contribution >= 4 is 39.8 Å². The van der Waals surface area contributed by atoms with E-state index in [0.29, 0.717) is 11.7 Å². The molecule has 1 heterocycles. The van der Waals surface area contributed by atoms with Crippen molar-refractivity contribution in [1.82, 2.24) is 10.2 Å². The van der Waals surface area contributed by atoms with Gasteiger partial charge in [-0.2, -0.15) is 0 Å². The van der Waals surface area contributed by atoms with Gasteiger partial charge >= 0.3 is 0 Å². The Bertz CT molecular complexity index is 913. The second-order valence-corrected chi connectivity index (χ2v) is 8.53. The van der Waals surface area contributed by atoms with Gasteiger partial charge in [0.05, 0.1) is 0 Å². The Labute approximate surface area is 164 Å². The largest absolute Gasteiger partial charge is 0.357 e. The van der Waals surface area contributed by atoms with Crippen molar-refractivity contribution in [2.75, 3.05) is 10.6 Å². The highest BCUT2D eigenvalue weighted by Gasteiger charge is 2.26. The van der Waals surface area contributed by atoms with E-state index in [-0.39, 0.29) is 11.7 Å². The minimum Gasteiger partial charge on any atom is -0.357 e. The summed E-state index contributed by atoms with van der Waals surface area (Å²) in [5.74, 6) is -0.531. The van der Waals surface area contributed by atoms with Crippen molar-refractivity contribution in [3.8, 4) is 0 Å². The number of rotatable bonds is 7. The van der Waals surface area contributed by atoms with Crippen molar-refractivity contribution in [3.63, 3.8) is 0 Å². The van der Waals surface area contributed by atoms with E-state index in [0.717, 1.165) is 27.9 Å². The van der Waals surface area contributed by atoms with Gasteiger partial charge in [0.2, 0.25) is 11.0 Å². The summed E-state index contributed by atoms with van der Waals surface area (Å²) in [7, 11) is 0. The molecule has 1 atom stereocenters. The number of nitrogens with zero attached hydrogens (tertiary/aromatic N) is 2. The summed E-state index contributed by atoms with van der Waals surface area (Å²) in [5.41, 5.74) is 1.42. The van der Waals surface area contributed by atoms with Gasteiger partial charge in [0.25, 0.3) is 0 Å². The van der Waals surface area contributed by atoms with Gasteiger partial charge in [0, 0.05) is 11.7 Å². The number of aromatic nitrogens is 2. The Morgan fingerprint density at radius 3 is 2.56 bits per heavy atom. The van der Waals surface area contributed by atoms with Crippen LogP contribution in [0.4, 0.5) is 15.2 Å². The summed E-state index contributed by atoms with van der Waals surface area (Å²) in [5, 5.41) is 14.8.